The van der Waals surface area contributed by atoms with Crippen molar-refractivity contribution < 1.29 is 19.7 Å². The van der Waals surface area contributed by atoms with E-state index >= 15 is 0 Å². The molecular weight excluding hydrogens is 474 g/mol. The molecule has 3 aromatic rings. The Morgan fingerprint density at radius 2 is 1.97 bits per heavy atom. The van der Waals surface area contributed by atoms with Crippen molar-refractivity contribution in [1.82, 2.24) is 19.9 Å². The first kappa shape index (κ1) is 23.8. The van der Waals surface area contributed by atoms with Gasteiger partial charge in [0.25, 0.3) is 0 Å². The highest BCUT2D eigenvalue weighted by molar-refractivity contribution is 7.98. The number of hydrogen-bond donors (Lipinski definition) is 3. The molecule has 4 heterocycles. The van der Waals surface area contributed by atoms with Crippen LogP contribution in [-0.4, -0.2) is 73.2 Å². The summed E-state index contributed by atoms with van der Waals surface area (Å²) in [5.74, 6) is -0.343. The smallest absolute Gasteiger partial charge is 0.189 e. The SMILES string of the molecule is CSc1nc(C)c(-c2nc3c(C)nccc3s2)c(NC2C[C@H](C(O)CO)[C@H]3OC(C)(C)O[C@@H]23)n1. The largest absolute Gasteiger partial charge is 0.394 e. The van der Waals surface area contributed by atoms with Gasteiger partial charge in [-0.25, -0.2) is 15.0 Å². The summed E-state index contributed by atoms with van der Waals surface area (Å²) >= 11 is 3.06. The first-order valence-corrected chi connectivity index (χ1v) is 13.3. The lowest BCUT2D eigenvalue weighted by atomic mass is 9.98. The molecule has 2 fully saturated rings. The number of aliphatic hydroxyl groups is 2. The number of anilines is 1. The lowest BCUT2D eigenvalue weighted by molar-refractivity contribution is -0.162. The van der Waals surface area contributed by atoms with E-state index in [0.717, 1.165) is 32.2 Å². The van der Waals surface area contributed by atoms with E-state index in [0.29, 0.717) is 17.4 Å². The molecule has 1 saturated carbocycles. The lowest BCUT2D eigenvalue weighted by Gasteiger charge is -2.26. The van der Waals surface area contributed by atoms with E-state index < -0.39 is 11.9 Å². The first-order chi connectivity index (χ1) is 16.2. The molecule has 34 heavy (non-hydrogen) atoms. The number of nitrogens with one attached hydrogen (secondary N) is 1. The van der Waals surface area contributed by atoms with Crippen molar-refractivity contribution in [3.63, 3.8) is 0 Å². The lowest BCUT2D eigenvalue weighted by Crippen LogP contribution is -2.35. The zero-order valence-corrected chi connectivity index (χ0v) is 21.4. The van der Waals surface area contributed by atoms with Crippen LogP contribution in [0.3, 0.4) is 0 Å². The molecule has 11 heteroatoms. The molecule has 0 amide bonds. The summed E-state index contributed by atoms with van der Waals surface area (Å²) < 4.78 is 13.4. The zero-order valence-electron chi connectivity index (χ0n) is 19.8. The van der Waals surface area contributed by atoms with Gasteiger partial charge in [0.2, 0.25) is 0 Å². The van der Waals surface area contributed by atoms with Crippen LogP contribution < -0.4 is 5.32 Å². The van der Waals surface area contributed by atoms with E-state index in [9.17, 15) is 10.2 Å². The van der Waals surface area contributed by atoms with Gasteiger partial charge in [-0.15, -0.1) is 11.3 Å². The van der Waals surface area contributed by atoms with Crippen LogP contribution in [0.1, 0.15) is 31.7 Å². The normalized spacial score (nSPS) is 26.7. The average Bonchev–Trinajstić information content (AvgIpc) is 3.45. The van der Waals surface area contributed by atoms with Crippen LogP contribution in [0.4, 0.5) is 5.82 Å². The number of aromatic nitrogens is 4. The fourth-order valence-corrected chi connectivity index (χ4v) is 6.46. The van der Waals surface area contributed by atoms with Crippen molar-refractivity contribution in [2.45, 2.75) is 69.4 Å². The van der Waals surface area contributed by atoms with Gasteiger partial charge in [-0.05, 0) is 46.4 Å². The Balaban J connectivity index is 1.55. The predicted molar refractivity (Wildman–Crippen MR) is 132 cm³/mol. The number of pyridine rings is 1. The Kier molecular flexibility index (Phi) is 6.28. The van der Waals surface area contributed by atoms with Crippen molar-refractivity contribution in [2.75, 3.05) is 18.2 Å². The van der Waals surface area contributed by atoms with Gasteiger partial charge >= 0.3 is 0 Å². The predicted octanol–water partition coefficient (Wildman–Crippen LogP) is 3.16. The summed E-state index contributed by atoms with van der Waals surface area (Å²) in [6.45, 7) is 7.34. The standard InChI is InChI=1S/C23H29N5O4S2/c1-10-16(21-27-17-11(2)24-7-6-15(17)34-21)20(28-22(25-10)33-5)26-13-8-12(14(30)9-29)18-19(13)32-23(3,4)31-18/h6-7,12-14,18-19,29-30H,8-9H2,1-5H3,(H,25,26,28)/t12-,13?,14?,18-,19+/m1/s1. The maximum Gasteiger partial charge on any atom is 0.189 e. The Morgan fingerprint density at radius 3 is 2.68 bits per heavy atom. The van der Waals surface area contributed by atoms with E-state index in [1.54, 1.807) is 17.5 Å². The summed E-state index contributed by atoms with van der Waals surface area (Å²) in [7, 11) is 0. The highest BCUT2D eigenvalue weighted by Gasteiger charge is 2.55. The minimum atomic E-state index is -0.884. The van der Waals surface area contributed by atoms with E-state index in [1.165, 1.54) is 11.8 Å². The quantitative estimate of drug-likeness (QED) is 0.341. The molecule has 3 aromatic heterocycles. The number of rotatable bonds is 6. The summed E-state index contributed by atoms with van der Waals surface area (Å²) in [6, 6.07) is 1.80. The molecule has 1 saturated heterocycles. The molecule has 0 aromatic carbocycles. The van der Waals surface area contributed by atoms with Crippen LogP contribution in [0.15, 0.2) is 17.4 Å². The van der Waals surface area contributed by atoms with Crippen LogP contribution >= 0.6 is 23.1 Å². The minimum Gasteiger partial charge on any atom is -0.394 e. The Bertz CT molecular complexity index is 1220. The number of thioether (sulfide) groups is 1. The molecule has 2 aliphatic rings. The van der Waals surface area contributed by atoms with E-state index in [1.807, 2.05) is 40.0 Å². The first-order valence-electron chi connectivity index (χ1n) is 11.3. The van der Waals surface area contributed by atoms with Crippen molar-refractivity contribution in [1.29, 1.82) is 0 Å². The van der Waals surface area contributed by atoms with E-state index in [-0.39, 0.29) is 30.8 Å². The highest BCUT2D eigenvalue weighted by atomic mass is 32.2. The minimum absolute atomic E-state index is 0.168. The molecular formula is C23H29N5O4S2. The topological polar surface area (TPSA) is 123 Å². The maximum absolute atomic E-state index is 10.5. The highest BCUT2D eigenvalue weighted by Crippen LogP contribution is 2.45. The number of ether oxygens (including phenoxy) is 2. The van der Waals surface area contributed by atoms with Crippen LogP contribution in [-0.2, 0) is 9.47 Å². The van der Waals surface area contributed by atoms with Gasteiger partial charge in [0.1, 0.15) is 22.4 Å². The number of thiazole rings is 1. The molecule has 3 N–H and O–H groups in total. The summed E-state index contributed by atoms with van der Waals surface area (Å²) in [5, 5.41) is 25.1. The molecule has 0 radical (unpaired) electrons. The number of aryl methyl sites for hydroxylation is 2. The number of nitrogens with zero attached hydrogens (tertiary/aromatic N) is 4. The van der Waals surface area contributed by atoms with Gasteiger partial charge in [-0.2, -0.15) is 0 Å². The average molecular weight is 504 g/mol. The van der Waals surface area contributed by atoms with Gasteiger partial charge < -0.3 is 25.0 Å². The second-order valence-electron chi connectivity index (χ2n) is 9.25. The van der Waals surface area contributed by atoms with Gasteiger partial charge in [0.15, 0.2) is 10.9 Å². The molecule has 1 aliphatic heterocycles. The number of hydrogen-bond acceptors (Lipinski definition) is 11. The summed E-state index contributed by atoms with van der Waals surface area (Å²) in [5.41, 5.74) is 3.44. The number of aliphatic hydroxyl groups excluding tert-OH is 2. The van der Waals surface area contributed by atoms with Gasteiger partial charge in [0, 0.05) is 12.1 Å². The van der Waals surface area contributed by atoms with Crippen molar-refractivity contribution >= 4 is 39.1 Å². The molecule has 5 rings (SSSR count). The molecule has 2 unspecified atom stereocenters. The van der Waals surface area contributed by atoms with Gasteiger partial charge in [-0.3, -0.25) is 4.98 Å². The van der Waals surface area contributed by atoms with Crippen molar-refractivity contribution in [3.8, 4) is 10.6 Å². The fourth-order valence-electron chi connectivity index (χ4n) is 4.94. The van der Waals surface area contributed by atoms with Gasteiger partial charge in [-0.1, -0.05) is 11.8 Å². The van der Waals surface area contributed by atoms with Gasteiger partial charge in [0.05, 0.1) is 46.5 Å². The van der Waals surface area contributed by atoms with Crippen molar-refractivity contribution in [3.05, 3.63) is 23.7 Å². The van der Waals surface area contributed by atoms with Crippen molar-refractivity contribution in [2.24, 2.45) is 5.92 Å². The molecule has 5 atom stereocenters. The van der Waals surface area contributed by atoms with Crippen LogP contribution in [0, 0.1) is 19.8 Å². The molecule has 0 spiro atoms. The number of fused-ring (bicyclic) bond motifs is 2. The molecule has 9 nitrogen and oxygen atoms in total. The van der Waals surface area contributed by atoms with E-state index in [4.69, 9.17) is 19.4 Å². The Labute approximate surface area is 206 Å². The monoisotopic (exact) mass is 503 g/mol. The van der Waals surface area contributed by atoms with Crippen LogP contribution in [0.25, 0.3) is 20.8 Å². The molecule has 182 valence electrons. The zero-order chi connectivity index (χ0) is 24.2. The maximum atomic E-state index is 10.5. The van der Waals surface area contributed by atoms with Crippen LogP contribution in [0.5, 0.6) is 0 Å². The Morgan fingerprint density at radius 1 is 1.21 bits per heavy atom. The third kappa shape index (κ3) is 4.18. The molecule has 1 aliphatic carbocycles. The second-order valence-corrected chi connectivity index (χ2v) is 11.1. The van der Waals surface area contributed by atoms with Crippen LogP contribution in [0.2, 0.25) is 0 Å². The fraction of sp³-hybridized carbons (Fsp3) is 0.565. The molecule has 0 bridgehead atoms. The third-order valence-electron chi connectivity index (χ3n) is 6.47. The third-order valence-corrected chi connectivity index (χ3v) is 8.05. The summed E-state index contributed by atoms with van der Waals surface area (Å²) in [4.78, 5) is 18.7. The Hall–Kier alpha value is -1.89. The van der Waals surface area contributed by atoms with E-state index in [2.05, 4.69) is 15.3 Å². The summed E-state index contributed by atoms with van der Waals surface area (Å²) in [6.07, 6.45) is 2.82. The second kappa shape index (κ2) is 8.96.